The van der Waals surface area contributed by atoms with Gasteiger partial charge < -0.3 is 29.2 Å². The van der Waals surface area contributed by atoms with Crippen LogP contribution in [0.3, 0.4) is 0 Å². The summed E-state index contributed by atoms with van der Waals surface area (Å²) in [7, 11) is 3.00. The third kappa shape index (κ3) is 5.83. The van der Waals surface area contributed by atoms with Gasteiger partial charge in [0.05, 0.1) is 38.0 Å². The van der Waals surface area contributed by atoms with E-state index in [1.165, 1.54) is 31.3 Å². The second kappa shape index (κ2) is 11.2. The number of esters is 2. The lowest BCUT2D eigenvalue weighted by Crippen LogP contribution is -2.28. The van der Waals surface area contributed by atoms with Crippen LogP contribution in [0.4, 0.5) is 11.4 Å². The van der Waals surface area contributed by atoms with Crippen molar-refractivity contribution in [2.75, 3.05) is 44.2 Å². The Morgan fingerprint density at radius 3 is 2.41 bits per heavy atom. The van der Waals surface area contributed by atoms with Crippen LogP contribution in [0.2, 0.25) is 0 Å². The predicted octanol–water partition coefficient (Wildman–Crippen LogP) is 2.42. The van der Waals surface area contributed by atoms with Crippen LogP contribution in [-0.2, 0) is 23.9 Å². The lowest BCUT2D eigenvalue weighted by molar-refractivity contribution is -0.151. The van der Waals surface area contributed by atoms with E-state index in [1.807, 2.05) is 0 Å². The maximum atomic E-state index is 12.6. The molecule has 1 aliphatic rings. The van der Waals surface area contributed by atoms with Gasteiger partial charge in [-0.2, -0.15) is 0 Å². The van der Waals surface area contributed by atoms with Gasteiger partial charge >= 0.3 is 11.9 Å². The molecule has 2 aromatic rings. The molecule has 2 amide bonds. The number of nitrogens with one attached hydrogen (secondary N) is 1. The minimum Gasteiger partial charge on any atom is -0.497 e. The van der Waals surface area contributed by atoms with Gasteiger partial charge in [-0.1, -0.05) is 0 Å². The molecule has 0 aromatic heterocycles. The highest BCUT2D eigenvalue weighted by Crippen LogP contribution is 2.36. The van der Waals surface area contributed by atoms with Crippen molar-refractivity contribution in [2.45, 2.75) is 13.3 Å². The molecule has 10 nitrogen and oxygen atoms in total. The van der Waals surface area contributed by atoms with Crippen LogP contribution in [0.1, 0.15) is 23.7 Å². The first-order valence-electron chi connectivity index (χ1n) is 10.6. The quantitative estimate of drug-likeness (QED) is 0.555. The summed E-state index contributed by atoms with van der Waals surface area (Å²) in [6.45, 7) is 1.56. The summed E-state index contributed by atoms with van der Waals surface area (Å²) in [5.41, 5.74) is 1.28. The van der Waals surface area contributed by atoms with E-state index in [1.54, 1.807) is 37.3 Å². The average Bonchev–Trinajstić information content (AvgIpc) is 3.24. The molecule has 0 aliphatic carbocycles. The number of methoxy groups -OCH3 is 2. The number of benzene rings is 2. The molecule has 34 heavy (non-hydrogen) atoms. The summed E-state index contributed by atoms with van der Waals surface area (Å²) in [5, 5.41) is 2.58. The third-order valence-corrected chi connectivity index (χ3v) is 5.16. The molecule has 3 rings (SSSR count). The van der Waals surface area contributed by atoms with Gasteiger partial charge in [-0.15, -0.1) is 0 Å². The van der Waals surface area contributed by atoms with Crippen molar-refractivity contribution >= 4 is 35.1 Å². The van der Waals surface area contributed by atoms with Gasteiger partial charge in [0.25, 0.3) is 5.91 Å². The van der Waals surface area contributed by atoms with Crippen LogP contribution < -0.4 is 19.7 Å². The zero-order chi connectivity index (χ0) is 24.7. The van der Waals surface area contributed by atoms with E-state index < -0.39 is 30.4 Å². The molecule has 1 heterocycles. The van der Waals surface area contributed by atoms with Gasteiger partial charge in [0.2, 0.25) is 5.91 Å². The maximum absolute atomic E-state index is 12.6. The number of anilines is 2. The molecule has 1 aliphatic heterocycles. The molecule has 0 radical (unpaired) electrons. The molecule has 0 saturated carbocycles. The monoisotopic (exact) mass is 470 g/mol. The van der Waals surface area contributed by atoms with E-state index in [9.17, 15) is 19.2 Å². The summed E-state index contributed by atoms with van der Waals surface area (Å²) < 4.78 is 20.6. The van der Waals surface area contributed by atoms with Gasteiger partial charge in [-0.3, -0.25) is 14.4 Å². The molecule has 1 N–H and O–H groups in total. The molecule has 1 fully saturated rings. The molecule has 0 spiro atoms. The van der Waals surface area contributed by atoms with Crippen LogP contribution in [0.25, 0.3) is 0 Å². The van der Waals surface area contributed by atoms with E-state index in [0.29, 0.717) is 28.4 Å². The van der Waals surface area contributed by atoms with Crippen molar-refractivity contribution in [3.05, 3.63) is 48.0 Å². The molecule has 1 atom stereocenters. The Morgan fingerprint density at radius 2 is 1.76 bits per heavy atom. The van der Waals surface area contributed by atoms with Gasteiger partial charge in [0.1, 0.15) is 11.5 Å². The van der Waals surface area contributed by atoms with Gasteiger partial charge in [0.15, 0.2) is 6.61 Å². The fraction of sp³-hybridized carbons (Fsp3) is 0.333. The van der Waals surface area contributed by atoms with Crippen molar-refractivity contribution in [3.8, 4) is 11.5 Å². The number of carbonyl (C=O) groups is 4. The first-order chi connectivity index (χ1) is 16.4. The van der Waals surface area contributed by atoms with Gasteiger partial charge in [0, 0.05) is 24.7 Å². The largest absolute Gasteiger partial charge is 0.497 e. The lowest BCUT2D eigenvalue weighted by Gasteiger charge is -2.20. The maximum Gasteiger partial charge on any atom is 0.338 e. The summed E-state index contributed by atoms with van der Waals surface area (Å²) in [4.78, 5) is 50.3. The molecule has 10 heteroatoms. The molecule has 0 unspecified atom stereocenters. The molecular weight excluding hydrogens is 444 g/mol. The smallest absolute Gasteiger partial charge is 0.338 e. The molecule has 2 aromatic carbocycles. The van der Waals surface area contributed by atoms with Crippen molar-refractivity contribution in [2.24, 2.45) is 5.92 Å². The average molecular weight is 470 g/mol. The van der Waals surface area contributed by atoms with Crippen molar-refractivity contribution in [3.63, 3.8) is 0 Å². The van der Waals surface area contributed by atoms with Crippen LogP contribution in [0.5, 0.6) is 11.5 Å². The zero-order valence-electron chi connectivity index (χ0n) is 19.2. The SMILES string of the molecule is CCOC(=O)c1ccc(NC(=O)COC(=O)[C@@H]2CC(=O)N(c3cc(OC)ccc3OC)C2)cc1. The molecule has 180 valence electrons. The minimum atomic E-state index is -0.722. The van der Waals surface area contributed by atoms with Gasteiger partial charge in [-0.05, 0) is 43.3 Å². The fourth-order valence-electron chi connectivity index (χ4n) is 3.46. The molecule has 0 bridgehead atoms. The Bertz CT molecular complexity index is 1070. The number of hydrogen-bond acceptors (Lipinski definition) is 8. The fourth-order valence-corrected chi connectivity index (χ4v) is 3.46. The van der Waals surface area contributed by atoms with E-state index in [2.05, 4.69) is 5.32 Å². The van der Waals surface area contributed by atoms with Crippen LogP contribution in [0, 0.1) is 5.92 Å². The molecule has 1 saturated heterocycles. The predicted molar refractivity (Wildman–Crippen MR) is 122 cm³/mol. The Hall–Kier alpha value is -4.08. The molecular formula is C24H26N2O8. The first kappa shape index (κ1) is 24.6. The second-order valence-corrected chi connectivity index (χ2v) is 7.40. The second-order valence-electron chi connectivity index (χ2n) is 7.40. The number of carbonyl (C=O) groups excluding carboxylic acids is 4. The number of ether oxygens (including phenoxy) is 4. The highest BCUT2D eigenvalue weighted by Gasteiger charge is 2.37. The zero-order valence-corrected chi connectivity index (χ0v) is 19.2. The van der Waals surface area contributed by atoms with Crippen molar-refractivity contribution in [1.29, 1.82) is 0 Å². The summed E-state index contributed by atoms with van der Waals surface area (Å²) in [6, 6.07) is 11.2. The Labute approximate surface area is 196 Å². The third-order valence-electron chi connectivity index (χ3n) is 5.16. The number of hydrogen-bond donors (Lipinski definition) is 1. The highest BCUT2D eigenvalue weighted by atomic mass is 16.5. The highest BCUT2D eigenvalue weighted by molar-refractivity contribution is 6.01. The Morgan fingerprint density at radius 1 is 1.03 bits per heavy atom. The van der Waals surface area contributed by atoms with Crippen LogP contribution in [0.15, 0.2) is 42.5 Å². The summed E-state index contributed by atoms with van der Waals surface area (Å²) >= 11 is 0. The topological polar surface area (TPSA) is 120 Å². The van der Waals surface area contributed by atoms with Crippen LogP contribution in [-0.4, -0.2) is 57.7 Å². The van der Waals surface area contributed by atoms with E-state index in [4.69, 9.17) is 18.9 Å². The van der Waals surface area contributed by atoms with Crippen LogP contribution >= 0.6 is 0 Å². The summed E-state index contributed by atoms with van der Waals surface area (Å²) in [5.74, 6) is -1.63. The first-order valence-corrected chi connectivity index (χ1v) is 10.6. The van der Waals surface area contributed by atoms with Crippen molar-refractivity contribution in [1.82, 2.24) is 0 Å². The van der Waals surface area contributed by atoms with Crippen molar-refractivity contribution < 1.29 is 38.1 Å². The standard InChI is InChI=1S/C24H26N2O8/c1-4-33-23(29)15-5-7-17(8-6-15)25-21(27)14-34-24(30)16-11-22(28)26(13-16)19-12-18(31-2)9-10-20(19)32-3/h5-10,12,16H,4,11,13-14H2,1-3H3,(H,25,27)/t16-/m1/s1. The van der Waals surface area contributed by atoms with E-state index in [0.717, 1.165) is 0 Å². The Balaban J connectivity index is 1.54. The van der Waals surface area contributed by atoms with E-state index in [-0.39, 0.29) is 25.5 Å². The minimum absolute atomic E-state index is 0.0455. The number of nitrogens with zero attached hydrogens (tertiary/aromatic N) is 1. The summed E-state index contributed by atoms with van der Waals surface area (Å²) in [6.07, 6.45) is -0.0455. The van der Waals surface area contributed by atoms with E-state index >= 15 is 0 Å². The normalized spacial score (nSPS) is 15.0. The number of amides is 2. The van der Waals surface area contributed by atoms with Gasteiger partial charge in [-0.25, -0.2) is 4.79 Å². The Kier molecular flexibility index (Phi) is 8.07. The number of rotatable bonds is 9. The lowest BCUT2D eigenvalue weighted by atomic mass is 10.1.